The highest BCUT2D eigenvalue weighted by molar-refractivity contribution is 5.69. The number of carbonyl (C=O) groups excluding carboxylic acids is 1. The lowest BCUT2D eigenvalue weighted by atomic mass is 10.0. The lowest BCUT2D eigenvalue weighted by Gasteiger charge is -2.42. The summed E-state index contributed by atoms with van der Waals surface area (Å²) in [6.07, 6.45) is -2.52. The van der Waals surface area contributed by atoms with Gasteiger partial charge in [-0.1, -0.05) is 129 Å². The Morgan fingerprint density at radius 3 is 1.80 bits per heavy atom. The fourth-order valence-corrected chi connectivity index (χ4v) is 5.53. The summed E-state index contributed by atoms with van der Waals surface area (Å²) in [5, 5.41) is 8.96. The Kier molecular flexibility index (Phi) is 16.1. The van der Waals surface area contributed by atoms with Gasteiger partial charge in [0.1, 0.15) is 31.0 Å². The van der Waals surface area contributed by atoms with Crippen molar-refractivity contribution in [3.05, 3.63) is 144 Å². The quantitative estimate of drug-likeness (QED) is 0.0786. The smallest absolute Gasteiger partial charge is 0.305 e. The summed E-state index contributed by atoms with van der Waals surface area (Å²) < 4.78 is 38.4. The zero-order chi connectivity index (χ0) is 34.1. The molecule has 50 heavy (non-hydrogen) atoms. The van der Waals surface area contributed by atoms with E-state index in [1.165, 1.54) is 0 Å². The zero-order valence-corrected chi connectivity index (χ0v) is 27.5. The molecule has 2 unspecified atom stereocenters. The van der Waals surface area contributed by atoms with Gasteiger partial charge in [0, 0.05) is 18.4 Å². The molecule has 4 aromatic rings. The van der Waals surface area contributed by atoms with E-state index in [0.717, 1.165) is 22.3 Å². The van der Waals surface area contributed by atoms with E-state index in [4.69, 9.17) is 33.5 Å². The van der Waals surface area contributed by atoms with Crippen LogP contribution in [0.5, 0.6) is 0 Å². The van der Waals surface area contributed by atoms with E-state index in [-0.39, 0.29) is 46.7 Å². The first-order valence-corrected chi connectivity index (χ1v) is 16.7. The standard InChI is InChI=1S/C40H44O9.CH4/c41-36(42)23-13-14-24-37(43)46-28-34(44-25-30-15-5-1-6-16-30)38(47-27-32-19-9-3-10-20-32)39-35(45-26-31-17-7-2-8-18-31)29-48-40(49-39)33-21-11-4-12-22-33;/h1-12,15-22,34-35,38-40H,13-14,23-29H2,(H,41,42);1H4/t34-,35-,38?,39?,40+;/m0./s1. The van der Waals surface area contributed by atoms with E-state index in [1.807, 2.05) is 121 Å². The SMILES string of the molecule is C.O=C(O)CCCCC(=O)OC[C@H](OCc1ccccc1)C(OCc1ccccc1)C1O[C@H](c2ccccc2)OC[C@@H]1OCc1ccccc1. The largest absolute Gasteiger partial charge is 0.481 e. The lowest BCUT2D eigenvalue weighted by Crippen LogP contribution is -2.55. The number of carbonyl (C=O) groups is 2. The predicted molar refractivity (Wildman–Crippen MR) is 189 cm³/mol. The second-order valence-corrected chi connectivity index (χ2v) is 11.9. The highest BCUT2D eigenvalue weighted by Crippen LogP contribution is 2.33. The molecule has 1 saturated heterocycles. The van der Waals surface area contributed by atoms with Crippen molar-refractivity contribution >= 4 is 11.9 Å². The van der Waals surface area contributed by atoms with Crippen LogP contribution in [0.15, 0.2) is 121 Å². The maximum Gasteiger partial charge on any atom is 0.305 e. The topological polar surface area (TPSA) is 110 Å². The number of carboxylic acid groups (broad SMARTS) is 1. The Labute approximate surface area is 295 Å². The Balaban J connectivity index is 0.00000562. The van der Waals surface area contributed by atoms with Crippen molar-refractivity contribution in [2.45, 2.75) is 83.6 Å². The van der Waals surface area contributed by atoms with Crippen LogP contribution in [-0.2, 0) is 57.8 Å². The summed E-state index contributed by atoms with van der Waals surface area (Å²) in [5.74, 6) is -1.33. The number of rotatable bonds is 19. The van der Waals surface area contributed by atoms with Crippen LogP contribution in [0.2, 0.25) is 0 Å². The summed E-state index contributed by atoms with van der Waals surface area (Å²) in [6.45, 7) is 0.954. The van der Waals surface area contributed by atoms with Gasteiger partial charge in [0.05, 0.1) is 26.4 Å². The Morgan fingerprint density at radius 1 is 0.700 bits per heavy atom. The van der Waals surface area contributed by atoms with Gasteiger partial charge >= 0.3 is 11.9 Å². The molecule has 1 N–H and O–H groups in total. The molecule has 5 atom stereocenters. The Morgan fingerprint density at radius 2 is 1.22 bits per heavy atom. The van der Waals surface area contributed by atoms with Gasteiger partial charge in [-0.3, -0.25) is 9.59 Å². The third-order valence-corrected chi connectivity index (χ3v) is 8.15. The second-order valence-electron chi connectivity index (χ2n) is 11.9. The minimum absolute atomic E-state index is 0. The fraction of sp³-hybridized carbons (Fsp3) is 0.366. The number of aliphatic carboxylic acids is 1. The van der Waals surface area contributed by atoms with Crippen molar-refractivity contribution < 1.29 is 43.1 Å². The molecule has 266 valence electrons. The number of hydrogen-bond acceptors (Lipinski definition) is 8. The molecule has 1 fully saturated rings. The first kappa shape index (κ1) is 38.4. The predicted octanol–water partition coefficient (Wildman–Crippen LogP) is 7.68. The minimum atomic E-state index is -0.893. The lowest BCUT2D eigenvalue weighted by molar-refractivity contribution is -0.302. The van der Waals surface area contributed by atoms with Crippen molar-refractivity contribution in [3.63, 3.8) is 0 Å². The van der Waals surface area contributed by atoms with Crippen LogP contribution in [0.25, 0.3) is 0 Å². The molecule has 4 aromatic carbocycles. The third-order valence-electron chi connectivity index (χ3n) is 8.15. The summed E-state index contributed by atoms with van der Waals surface area (Å²) in [5.41, 5.74) is 3.76. The third kappa shape index (κ3) is 12.5. The monoisotopic (exact) mass is 684 g/mol. The van der Waals surface area contributed by atoms with E-state index in [9.17, 15) is 9.59 Å². The molecule has 1 aliphatic rings. The summed E-state index contributed by atoms with van der Waals surface area (Å²) >= 11 is 0. The average Bonchev–Trinajstić information content (AvgIpc) is 3.15. The first-order valence-electron chi connectivity index (χ1n) is 16.7. The number of esters is 1. The molecule has 0 radical (unpaired) electrons. The van der Waals surface area contributed by atoms with Crippen molar-refractivity contribution in [3.8, 4) is 0 Å². The average molecular weight is 685 g/mol. The summed E-state index contributed by atoms with van der Waals surface area (Å²) in [4.78, 5) is 23.8. The van der Waals surface area contributed by atoms with Gasteiger partial charge in [0.2, 0.25) is 0 Å². The minimum Gasteiger partial charge on any atom is -0.481 e. The molecule has 0 aromatic heterocycles. The molecular formula is C41H48O9. The number of hydrogen-bond donors (Lipinski definition) is 1. The highest BCUT2D eigenvalue weighted by Gasteiger charge is 2.44. The highest BCUT2D eigenvalue weighted by atomic mass is 16.7. The molecule has 0 amide bonds. The van der Waals surface area contributed by atoms with Crippen molar-refractivity contribution in [1.29, 1.82) is 0 Å². The van der Waals surface area contributed by atoms with Crippen LogP contribution in [0.4, 0.5) is 0 Å². The Hall–Kier alpha value is -4.38. The number of carboxylic acids is 1. The van der Waals surface area contributed by atoms with E-state index < -0.39 is 42.6 Å². The van der Waals surface area contributed by atoms with Gasteiger partial charge in [-0.2, -0.15) is 0 Å². The fourth-order valence-electron chi connectivity index (χ4n) is 5.53. The molecule has 0 aliphatic carbocycles. The van der Waals surface area contributed by atoms with Crippen LogP contribution < -0.4 is 0 Å². The van der Waals surface area contributed by atoms with Crippen LogP contribution >= 0.6 is 0 Å². The van der Waals surface area contributed by atoms with Gasteiger partial charge in [0.15, 0.2) is 6.29 Å². The van der Waals surface area contributed by atoms with E-state index in [0.29, 0.717) is 19.4 Å². The van der Waals surface area contributed by atoms with Crippen molar-refractivity contribution in [2.75, 3.05) is 13.2 Å². The first-order chi connectivity index (χ1) is 24.0. The maximum absolute atomic E-state index is 12.9. The number of benzene rings is 4. The van der Waals surface area contributed by atoms with Gasteiger partial charge in [-0.05, 0) is 29.5 Å². The summed E-state index contributed by atoms with van der Waals surface area (Å²) in [7, 11) is 0. The zero-order valence-electron chi connectivity index (χ0n) is 27.5. The van der Waals surface area contributed by atoms with Crippen LogP contribution in [0, 0.1) is 0 Å². The molecular weight excluding hydrogens is 636 g/mol. The summed E-state index contributed by atoms with van der Waals surface area (Å²) in [6, 6.07) is 39.1. The van der Waals surface area contributed by atoms with Crippen LogP contribution in [0.1, 0.15) is 61.7 Å². The van der Waals surface area contributed by atoms with Crippen molar-refractivity contribution in [2.24, 2.45) is 0 Å². The second kappa shape index (κ2) is 21.0. The van der Waals surface area contributed by atoms with E-state index in [2.05, 4.69) is 0 Å². The molecule has 9 nitrogen and oxygen atoms in total. The van der Waals surface area contributed by atoms with E-state index >= 15 is 0 Å². The van der Waals surface area contributed by atoms with Gasteiger partial charge in [0.25, 0.3) is 0 Å². The molecule has 5 rings (SSSR count). The maximum atomic E-state index is 12.9. The Bertz CT molecular complexity index is 1520. The number of unbranched alkanes of at least 4 members (excludes halogenated alkanes) is 1. The molecule has 1 heterocycles. The normalized spacial score (nSPS) is 18.4. The van der Waals surface area contributed by atoms with Crippen LogP contribution in [-0.4, -0.2) is 54.7 Å². The molecule has 0 spiro atoms. The number of ether oxygens (including phenoxy) is 6. The van der Waals surface area contributed by atoms with Crippen LogP contribution in [0.3, 0.4) is 0 Å². The van der Waals surface area contributed by atoms with Gasteiger partial charge in [-0.25, -0.2) is 0 Å². The molecule has 9 heteroatoms. The molecule has 1 aliphatic heterocycles. The molecule has 0 saturated carbocycles. The molecule has 0 bridgehead atoms. The van der Waals surface area contributed by atoms with Gasteiger partial charge in [-0.15, -0.1) is 0 Å². The van der Waals surface area contributed by atoms with Gasteiger partial charge < -0.3 is 33.5 Å². The van der Waals surface area contributed by atoms with Crippen molar-refractivity contribution in [1.82, 2.24) is 0 Å². The van der Waals surface area contributed by atoms with E-state index in [1.54, 1.807) is 0 Å².